The highest BCUT2D eigenvalue weighted by atomic mass is 35.5. The van der Waals surface area contributed by atoms with Crippen LogP contribution in [0.2, 0.25) is 4.34 Å². The number of hydrogen-bond acceptors (Lipinski definition) is 5. The van der Waals surface area contributed by atoms with E-state index in [1.165, 1.54) is 4.31 Å². The fourth-order valence-electron chi connectivity index (χ4n) is 2.83. The number of amides is 1. The Kier molecular flexibility index (Phi) is 7.06. The quantitative estimate of drug-likeness (QED) is 0.719. The van der Waals surface area contributed by atoms with Gasteiger partial charge in [-0.2, -0.15) is 4.31 Å². The number of nitrogens with zero attached hydrogens (tertiary/aromatic N) is 1. The number of nitrogens with one attached hydrogen (secondary N) is 1. The normalized spacial score (nSPS) is 18.5. The zero-order valence-corrected chi connectivity index (χ0v) is 16.2. The van der Waals surface area contributed by atoms with Crippen LogP contribution in [0.5, 0.6) is 0 Å². The second-order valence-electron chi connectivity index (χ2n) is 5.87. The van der Waals surface area contributed by atoms with Gasteiger partial charge in [0.05, 0.1) is 10.9 Å². The predicted octanol–water partition coefficient (Wildman–Crippen LogP) is 2.20. The van der Waals surface area contributed by atoms with E-state index >= 15 is 0 Å². The minimum atomic E-state index is -3.48. The van der Waals surface area contributed by atoms with E-state index in [0.717, 1.165) is 11.3 Å². The van der Waals surface area contributed by atoms with Gasteiger partial charge in [0.25, 0.3) is 10.0 Å². The number of halogens is 1. The molecule has 0 aliphatic carbocycles. The molecule has 2 heterocycles. The minimum absolute atomic E-state index is 0.00149. The molecule has 9 heteroatoms. The molecule has 1 aromatic rings. The summed E-state index contributed by atoms with van der Waals surface area (Å²) in [7, 11) is -1.89. The van der Waals surface area contributed by atoms with Crippen molar-refractivity contribution in [2.45, 2.75) is 24.0 Å². The van der Waals surface area contributed by atoms with Gasteiger partial charge in [-0.25, -0.2) is 8.42 Å². The molecule has 0 radical (unpaired) electrons. The van der Waals surface area contributed by atoms with Crippen molar-refractivity contribution in [3.05, 3.63) is 16.5 Å². The van der Waals surface area contributed by atoms with Crippen LogP contribution in [-0.2, 0) is 19.6 Å². The summed E-state index contributed by atoms with van der Waals surface area (Å²) in [6, 6.07) is 3.14. The molecule has 1 saturated heterocycles. The van der Waals surface area contributed by atoms with Crippen LogP contribution in [0.4, 0.5) is 0 Å². The van der Waals surface area contributed by atoms with Gasteiger partial charge in [-0.3, -0.25) is 4.79 Å². The number of sulfonamides is 1. The molecule has 0 bridgehead atoms. The van der Waals surface area contributed by atoms with Crippen molar-refractivity contribution in [3.63, 3.8) is 0 Å². The summed E-state index contributed by atoms with van der Waals surface area (Å²) >= 11 is 6.91. The van der Waals surface area contributed by atoms with Crippen LogP contribution in [-0.4, -0.2) is 52.0 Å². The van der Waals surface area contributed by atoms with Crippen LogP contribution in [0.3, 0.4) is 0 Å². The average molecular weight is 395 g/mol. The van der Waals surface area contributed by atoms with Gasteiger partial charge >= 0.3 is 0 Å². The number of carbonyl (C=O) groups excluding carboxylic acids is 1. The predicted molar refractivity (Wildman–Crippen MR) is 94.9 cm³/mol. The van der Waals surface area contributed by atoms with Gasteiger partial charge in [-0.1, -0.05) is 18.5 Å². The van der Waals surface area contributed by atoms with E-state index in [1.807, 2.05) is 6.92 Å². The molecule has 1 aliphatic heterocycles. The maximum atomic E-state index is 12.6. The lowest BCUT2D eigenvalue weighted by Crippen LogP contribution is -2.42. The smallest absolute Gasteiger partial charge is 0.252 e. The van der Waals surface area contributed by atoms with Crippen molar-refractivity contribution >= 4 is 38.9 Å². The SMILES string of the molecule is COCCNC(=O)[C@H](C)C1CCN(S(=O)(=O)c2ccc(Cl)s2)CC1. The molecule has 2 rings (SSSR count). The molecule has 24 heavy (non-hydrogen) atoms. The van der Waals surface area contributed by atoms with Crippen LogP contribution < -0.4 is 5.32 Å². The van der Waals surface area contributed by atoms with E-state index < -0.39 is 10.0 Å². The number of piperidine rings is 1. The monoisotopic (exact) mass is 394 g/mol. The van der Waals surface area contributed by atoms with E-state index in [0.29, 0.717) is 43.4 Å². The van der Waals surface area contributed by atoms with Gasteiger partial charge in [0.15, 0.2) is 0 Å². The first-order valence-corrected chi connectivity index (χ1v) is 10.5. The average Bonchev–Trinajstić information content (AvgIpc) is 3.01. The minimum Gasteiger partial charge on any atom is -0.383 e. The highest BCUT2D eigenvalue weighted by Gasteiger charge is 2.33. The third kappa shape index (κ3) is 4.70. The first-order chi connectivity index (χ1) is 11.4. The molecule has 1 fully saturated rings. The standard InChI is InChI=1S/C15H23ClN2O4S2/c1-11(15(19)17-7-10-22-2)12-5-8-18(9-6-12)24(20,21)14-4-3-13(16)23-14/h3-4,11-12H,5-10H2,1-2H3,(H,17,19)/t11-/m1/s1. The molecule has 0 aromatic carbocycles. The topological polar surface area (TPSA) is 75.7 Å². The number of methoxy groups -OCH3 is 1. The lowest BCUT2D eigenvalue weighted by atomic mass is 9.85. The fourth-order valence-corrected chi connectivity index (χ4v) is 5.94. The second kappa shape index (κ2) is 8.62. The molecule has 1 atom stereocenters. The molecule has 1 aliphatic rings. The van der Waals surface area contributed by atoms with Crippen molar-refractivity contribution in [2.24, 2.45) is 11.8 Å². The van der Waals surface area contributed by atoms with Crippen molar-refractivity contribution in [3.8, 4) is 0 Å². The maximum Gasteiger partial charge on any atom is 0.252 e. The first kappa shape index (κ1) is 19.7. The van der Waals surface area contributed by atoms with Crippen LogP contribution in [0.25, 0.3) is 0 Å². The van der Waals surface area contributed by atoms with Crippen molar-refractivity contribution in [2.75, 3.05) is 33.4 Å². The molecule has 1 amide bonds. The van der Waals surface area contributed by atoms with Gasteiger partial charge in [-0.15, -0.1) is 11.3 Å². The van der Waals surface area contributed by atoms with E-state index in [1.54, 1.807) is 19.2 Å². The molecule has 0 unspecified atom stereocenters. The van der Waals surface area contributed by atoms with Crippen molar-refractivity contribution in [1.29, 1.82) is 0 Å². The number of hydrogen-bond donors (Lipinski definition) is 1. The number of rotatable bonds is 7. The lowest BCUT2D eigenvalue weighted by molar-refractivity contribution is -0.126. The van der Waals surface area contributed by atoms with Gasteiger partial charge in [0.1, 0.15) is 4.21 Å². The molecule has 0 spiro atoms. The Bertz CT molecular complexity index is 654. The largest absolute Gasteiger partial charge is 0.383 e. The summed E-state index contributed by atoms with van der Waals surface area (Å²) in [5.74, 6) is 0.0483. The number of ether oxygens (including phenoxy) is 1. The van der Waals surface area contributed by atoms with E-state index in [9.17, 15) is 13.2 Å². The number of carbonyl (C=O) groups is 1. The van der Waals surface area contributed by atoms with E-state index in [-0.39, 0.29) is 22.0 Å². The van der Waals surface area contributed by atoms with Gasteiger partial charge in [0, 0.05) is 32.7 Å². The Balaban J connectivity index is 1.90. The van der Waals surface area contributed by atoms with Crippen molar-refractivity contribution < 1.29 is 17.9 Å². The zero-order chi connectivity index (χ0) is 17.7. The number of thiophene rings is 1. The molecule has 1 N–H and O–H groups in total. The van der Waals surface area contributed by atoms with Crippen molar-refractivity contribution in [1.82, 2.24) is 9.62 Å². The molecule has 6 nitrogen and oxygen atoms in total. The van der Waals surface area contributed by atoms with Gasteiger partial charge in [0.2, 0.25) is 5.91 Å². The highest BCUT2D eigenvalue weighted by molar-refractivity contribution is 7.91. The molecular weight excluding hydrogens is 372 g/mol. The third-order valence-electron chi connectivity index (χ3n) is 4.37. The van der Waals surface area contributed by atoms with E-state index in [2.05, 4.69) is 5.32 Å². The van der Waals surface area contributed by atoms with Crippen LogP contribution in [0, 0.1) is 11.8 Å². The van der Waals surface area contributed by atoms with Gasteiger partial charge < -0.3 is 10.1 Å². The summed E-state index contributed by atoms with van der Waals surface area (Å²) in [5, 5.41) is 2.84. The maximum absolute atomic E-state index is 12.6. The summed E-state index contributed by atoms with van der Waals surface area (Å²) in [4.78, 5) is 12.1. The lowest BCUT2D eigenvalue weighted by Gasteiger charge is -2.33. The summed E-state index contributed by atoms with van der Waals surface area (Å²) in [5.41, 5.74) is 0. The summed E-state index contributed by atoms with van der Waals surface area (Å²) in [6.45, 7) is 3.73. The Morgan fingerprint density at radius 1 is 1.46 bits per heavy atom. The third-order valence-corrected chi connectivity index (χ3v) is 7.96. The summed E-state index contributed by atoms with van der Waals surface area (Å²) in [6.07, 6.45) is 1.36. The molecular formula is C15H23ClN2O4S2. The highest BCUT2D eigenvalue weighted by Crippen LogP contribution is 2.32. The Morgan fingerprint density at radius 3 is 2.67 bits per heavy atom. The Morgan fingerprint density at radius 2 is 2.12 bits per heavy atom. The van der Waals surface area contributed by atoms with Crippen LogP contribution in [0.1, 0.15) is 19.8 Å². The van der Waals surface area contributed by atoms with E-state index in [4.69, 9.17) is 16.3 Å². The zero-order valence-electron chi connectivity index (χ0n) is 13.8. The van der Waals surface area contributed by atoms with Crippen LogP contribution >= 0.6 is 22.9 Å². The molecule has 0 saturated carbocycles. The molecule has 1 aromatic heterocycles. The fraction of sp³-hybridized carbons (Fsp3) is 0.667. The van der Waals surface area contributed by atoms with Gasteiger partial charge in [-0.05, 0) is 30.9 Å². The first-order valence-electron chi connectivity index (χ1n) is 7.88. The molecule has 136 valence electrons. The summed E-state index contributed by atoms with van der Waals surface area (Å²) < 4.78 is 32.3. The second-order valence-corrected chi connectivity index (χ2v) is 9.75. The Hall–Kier alpha value is -0.670. The Labute approximate surface area is 152 Å². The van der Waals surface area contributed by atoms with Crippen LogP contribution in [0.15, 0.2) is 16.3 Å².